The van der Waals surface area contributed by atoms with Gasteiger partial charge in [0.2, 0.25) is 11.8 Å². The molecular formula is C22H35FN4O2. The van der Waals surface area contributed by atoms with E-state index in [2.05, 4.69) is 42.8 Å². The predicted molar refractivity (Wildman–Crippen MR) is 114 cm³/mol. The lowest BCUT2D eigenvalue weighted by Crippen LogP contribution is -2.53. The highest BCUT2D eigenvalue weighted by atomic mass is 19.1. The smallest absolute Gasteiger partial charge is 0.238 e. The van der Waals surface area contributed by atoms with Crippen LogP contribution < -0.4 is 5.32 Å². The molecule has 1 aliphatic rings. The van der Waals surface area contributed by atoms with Crippen molar-refractivity contribution < 1.29 is 14.0 Å². The largest absolute Gasteiger partial charge is 0.336 e. The summed E-state index contributed by atoms with van der Waals surface area (Å²) in [5.41, 5.74) is 0.467. The van der Waals surface area contributed by atoms with Crippen molar-refractivity contribution in [3.8, 4) is 0 Å². The molecule has 1 N–H and O–H groups in total. The number of hydrogen-bond acceptors (Lipinski definition) is 4. The summed E-state index contributed by atoms with van der Waals surface area (Å²) in [5.74, 6) is -0.337. The third-order valence-electron chi connectivity index (χ3n) is 5.72. The molecule has 0 aliphatic carbocycles. The van der Waals surface area contributed by atoms with Crippen LogP contribution in [0.25, 0.3) is 0 Å². The van der Waals surface area contributed by atoms with Crippen LogP contribution in [0.15, 0.2) is 24.3 Å². The van der Waals surface area contributed by atoms with Gasteiger partial charge in [0.05, 0.1) is 13.1 Å². The van der Waals surface area contributed by atoms with E-state index in [4.69, 9.17) is 0 Å². The van der Waals surface area contributed by atoms with E-state index in [0.29, 0.717) is 12.2 Å². The van der Waals surface area contributed by atoms with Crippen molar-refractivity contribution >= 4 is 17.5 Å². The van der Waals surface area contributed by atoms with Gasteiger partial charge in [-0.3, -0.25) is 19.4 Å². The van der Waals surface area contributed by atoms with Gasteiger partial charge in [-0.25, -0.2) is 4.39 Å². The second-order valence-corrected chi connectivity index (χ2v) is 7.93. The van der Waals surface area contributed by atoms with Crippen molar-refractivity contribution in [3.63, 3.8) is 0 Å². The third-order valence-corrected chi connectivity index (χ3v) is 5.72. The molecule has 1 fully saturated rings. The molecule has 0 aromatic heterocycles. The summed E-state index contributed by atoms with van der Waals surface area (Å²) in [6.07, 6.45) is 1.90. The fraction of sp³-hybridized carbons (Fsp3) is 0.636. The summed E-state index contributed by atoms with van der Waals surface area (Å²) < 4.78 is 13.2. The first-order valence-electron chi connectivity index (χ1n) is 10.6. The second kappa shape index (κ2) is 11.3. The van der Waals surface area contributed by atoms with Crippen LogP contribution in [-0.2, 0) is 9.59 Å². The van der Waals surface area contributed by atoms with Crippen LogP contribution in [-0.4, -0.2) is 77.9 Å². The Labute approximate surface area is 174 Å². The minimum Gasteiger partial charge on any atom is -0.336 e. The summed E-state index contributed by atoms with van der Waals surface area (Å²) in [5, 5.41) is 2.73. The Morgan fingerprint density at radius 3 is 2.10 bits per heavy atom. The molecule has 1 aromatic rings. The number of carbonyl (C=O) groups is 2. The van der Waals surface area contributed by atoms with Gasteiger partial charge >= 0.3 is 0 Å². The number of nitrogens with zero attached hydrogens (tertiary/aromatic N) is 3. The number of piperazine rings is 1. The Balaban J connectivity index is 1.79. The number of anilines is 1. The standard InChI is InChI=1S/C22H35FN4O2/c1-5-17(3)27(18(4)6-2)22(29)16-26-12-10-25(11-13-26)15-21(28)24-20-9-7-8-19(23)14-20/h7-9,14,17-18H,5-6,10-13,15-16H2,1-4H3,(H,24,28)/t17-,18-/m1/s1. The average molecular weight is 407 g/mol. The highest BCUT2D eigenvalue weighted by Gasteiger charge is 2.27. The van der Waals surface area contributed by atoms with Crippen LogP contribution in [0, 0.1) is 5.82 Å². The van der Waals surface area contributed by atoms with E-state index in [0.717, 1.165) is 39.0 Å². The van der Waals surface area contributed by atoms with Crippen LogP contribution in [0.2, 0.25) is 0 Å². The number of nitrogens with one attached hydrogen (secondary N) is 1. The summed E-state index contributed by atoms with van der Waals surface area (Å²) in [6.45, 7) is 12.1. The molecule has 1 heterocycles. The minimum absolute atomic E-state index is 0.153. The van der Waals surface area contributed by atoms with Crippen molar-refractivity contribution in [2.75, 3.05) is 44.6 Å². The number of rotatable bonds is 9. The first-order chi connectivity index (χ1) is 13.8. The number of benzene rings is 1. The normalized spacial score (nSPS) is 17.6. The van der Waals surface area contributed by atoms with Crippen molar-refractivity contribution in [1.82, 2.24) is 14.7 Å². The van der Waals surface area contributed by atoms with Gasteiger partial charge < -0.3 is 10.2 Å². The lowest BCUT2D eigenvalue weighted by atomic mass is 10.1. The van der Waals surface area contributed by atoms with Gasteiger partial charge in [-0.2, -0.15) is 0 Å². The molecule has 2 amide bonds. The Morgan fingerprint density at radius 2 is 1.59 bits per heavy atom. The highest BCUT2D eigenvalue weighted by Crippen LogP contribution is 2.14. The van der Waals surface area contributed by atoms with Crippen LogP contribution in [0.1, 0.15) is 40.5 Å². The monoisotopic (exact) mass is 406 g/mol. The lowest BCUT2D eigenvalue weighted by Gasteiger charge is -2.38. The molecule has 0 radical (unpaired) electrons. The van der Waals surface area contributed by atoms with Crippen molar-refractivity contribution in [2.24, 2.45) is 0 Å². The molecule has 7 heteroatoms. The van der Waals surface area contributed by atoms with E-state index in [1.165, 1.54) is 12.1 Å². The average Bonchev–Trinajstić information content (AvgIpc) is 2.69. The van der Waals surface area contributed by atoms with E-state index in [9.17, 15) is 14.0 Å². The number of amides is 2. The van der Waals surface area contributed by atoms with Gasteiger partial charge in [-0.15, -0.1) is 0 Å². The fourth-order valence-electron chi connectivity index (χ4n) is 3.67. The maximum atomic E-state index is 13.2. The molecule has 2 atom stereocenters. The SMILES string of the molecule is CC[C@@H](C)N(C(=O)CN1CCN(CC(=O)Nc2cccc(F)c2)CC1)[C@H](C)CC. The van der Waals surface area contributed by atoms with E-state index in [1.807, 2.05) is 4.90 Å². The molecule has 0 saturated carbocycles. The van der Waals surface area contributed by atoms with E-state index in [-0.39, 0.29) is 36.3 Å². The maximum absolute atomic E-state index is 13.2. The zero-order valence-corrected chi connectivity index (χ0v) is 18.2. The lowest BCUT2D eigenvalue weighted by molar-refractivity contribution is -0.137. The number of halogens is 1. The molecule has 0 spiro atoms. The van der Waals surface area contributed by atoms with E-state index >= 15 is 0 Å². The fourth-order valence-corrected chi connectivity index (χ4v) is 3.67. The molecule has 1 aromatic carbocycles. The Hall–Kier alpha value is -1.99. The maximum Gasteiger partial charge on any atom is 0.238 e. The van der Waals surface area contributed by atoms with Gasteiger partial charge in [0, 0.05) is 44.0 Å². The summed E-state index contributed by atoms with van der Waals surface area (Å²) in [4.78, 5) is 31.3. The van der Waals surface area contributed by atoms with Gasteiger partial charge in [0.15, 0.2) is 0 Å². The van der Waals surface area contributed by atoms with Gasteiger partial charge in [0.25, 0.3) is 0 Å². The molecule has 1 saturated heterocycles. The summed E-state index contributed by atoms with van der Waals surface area (Å²) >= 11 is 0. The third kappa shape index (κ3) is 7.08. The van der Waals surface area contributed by atoms with Crippen molar-refractivity contribution in [1.29, 1.82) is 0 Å². The molecule has 162 valence electrons. The van der Waals surface area contributed by atoms with Crippen molar-refractivity contribution in [3.05, 3.63) is 30.1 Å². The second-order valence-electron chi connectivity index (χ2n) is 7.93. The summed E-state index contributed by atoms with van der Waals surface area (Å²) in [7, 11) is 0. The number of hydrogen-bond donors (Lipinski definition) is 1. The topological polar surface area (TPSA) is 55.9 Å². The molecule has 0 unspecified atom stereocenters. The summed E-state index contributed by atoms with van der Waals surface area (Å²) in [6, 6.07) is 6.38. The van der Waals surface area contributed by atoms with Crippen LogP contribution in [0.4, 0.5) is 10.1 Å². The minimum atomic E-state index is -0.370. The molecular weight excluding hydrogens is 371 g/mol. The number of carbonyl (C=O) groups excluding carboxylic acids is 2. The van der Waals surface area contributed by atoms with E-state index < -0.39 is 0 Å². The first-order valence-corrected chi connectivity index (χ1v) is 10.6. The van der Waals surface area contributed by atoms with Gasteiger partial charge in [0.1, 0.15) is 5.82 Å². The van der Waals surface area contributed by atoms with Crippen LogP contribution in [0.5, 0.6) is 0 Å². The van der Waals surface area contributed by atoms with E-state index in [1.54, 1.807) is 12.1 Å². The zero-order valence-electron chi connectivity index (χ0n) is 18.2. The zero-order chi connectivity index (χ0) is 21.4. The molecule has 0 bridgehead atoms. The molecule has 29 heavy (non-hydrogen) atoms. The molecule has 6 nitrogen and oxygen atoms in total. The Morgan fingerprint density at radius 1 is 1.03 bits per heavy atom. The van der Waals surface area contributed by atoms with Gasteiger partial charge in [-0.1, -0.05) is 19.9 Å². The highest BCUT2D eigenvalue weighted by molar-refractivity contribution is 5.92. The van der Waals surface area contributed by atoms with Gasteiger partial charge in [-0.05, 0) is 44.9 Å². The quantitative estimate of drug-likeness (QED) is 0.685. The predicted octanol–water partition coefficient (Wildman–Crippen LogP) is 2.81. The van der Waals surface area contributed by atoms with Crippen LogP contribution >= 0.6 is 0 Å². The molecule has 1 aliphatic heterocycles. The van der Waals surface area contributed by atoms with Crippen LogP contribution in [0.3, 0.4) is 0 Å². The Kier molecular flexibility index (Phi) is 9.04. The first kappa shape index (κ1) is 23.3. The van der Waals surface area contributed by atoms with Crippen molar-refractivity contribution in [2.45, 2.75) is 52.6 Å². The molecule has 2 rings (SSSR count). The Bertz CT molecular complexity index is 667.